The van der Waals surface area contributed by atoms with Crippen LogP contribution in [0.1, 0.15) is 31.1 Å². The van der Waals surface area contributed by atoms with E-state index in [1.54, 1.807) is 0 Å². The lowest BCUT2D eigenvalue weighted by molar-refractivity contribution is -0.159. The Morgan fingerprint density at radius 2 is 1.23 bits per heavy atom. The number of aromatic hydroxyl groups is 3. The number of aliphatic hydroxyl groups excluding tert-OH is 3. The monoisotopic (exact) mass is 319 g/mol. The zero-order valence-corrected chi connectivity index (χ0v) is 12.4. The SMILES string of the molecule is CC(O)N(C(C)O)C(C)O.O=C(O)c1cc(O)c(O)c(O)c1. The molecule has 0 fully saturated rings. The molecule has 7 N–H and O–H groups in total. The number of phenols is 3. The fourth-order valence-corrected chi connectivity index (χ4v) is 1.66. The Balaban J connectivity index is 0.000000409. The smallest absolute Gasteiger partial charge is 0.335 e. The number of hydrogen-bond donors (Lipinski definition) is 7. The second-order valence-corrected chi connectivity index (χ2v) is 4.51. The first-order valence-electron chi connectivity index (χ1n) is 6.28. The highest BCUT2D eigenvalue weighted by Gasteiger charge is 2.20. The van der Waals surface area contributed by atoms with Gasteiger partial charge in [0, 0.05) is 0 Å². The third-order valence-corrected chi connectivity index (χ3v) is 2.61. The summed E-state index contributed by atoms with van der Waals surface area (Å²) in [4.78, 5) is 11.5. The fraction of sp³-hybridized carbons (Fsp3) is 0.462. The van der Waals surface area contributed by atoms with Crippen LogP contribution in [-0.4, -0.2) is 65.3 Å². The van der Waals surface area contributed by atoms with Gasteiger partial charge in [0.2, 0.25) is 0 Å². The third kappa shape index (κ3) is 5.74. The van der Waals surface area contributed by atoms with Crippen molar-refractivity contribution in [1.82, 2.24) is 4.90 Å². The quantitative estimate of drug-likeness (QED) is 0.294. The number of carbonyl (C=O) groups is 1. The lowest BCUT2D eigenvalue weighted by atomic mass is 10.2. The molecule has 1 rings (SSSR count). The van der Waals surface area contributed by atoms with Crippen molar-refractivity contribution in [2.24, 2.45) is 0 Å². The van der Waals surface area contributed by atoms with Gasteiger partial charge in [-0.2, -0.15) is 0 Å². The molecule has 0 aliphatic rings. The maximum atomic E-state index is 10.3. The minimum atomic E-state index is -1.29. The van der Waals surface area contributed by atoms with Crippen molar-refractivity contribution in [2.75, 3.05) is 0 Å². The first-order valence-corrected chi connectivity index (χ1v) is 6.28. The minimum absolute atomic E-state index is 0.289. The van der Waals surface area contributed by atoms with Crippen molar-refractivity contribution < 1.29 is 40.5 Å². The average Bonchev–Trinajstić information content (AvgIpc) is 2.34. The van der Waals surface area contributed by atoms with Crippen LogP contribution in [0.5, 0.6) is 17.2 Å². The summed E-state index contributed by atoms with van der Waals surface area (Å²) in [6, 6.07) is 1.69. The number of rotatable bonds is 4. The van der Waals surface area contributed by atoms with Gasteiger partial charge in [-0.15, -0.1) is 0 Å². The van der Waals surface area contributed by atoms with Crippen molar-refractivity contribution in [3.05, 3.63) is 17.7 Å². The molecule has 0 aliphatic heterocycles. The molecule has 0 amide bonds. The van der Waals surface area contributed by atoms with E-state index in [4.69, 9.17) is 35.7 Å². The van der Waals surface area contributed by atoms with Crippen LogP contribution in [0.2, 0.25) is 0 Å². The summed E-state index contributed by atoms with van der Waals surface area (Å²) >= 11 is 0. The summed E-state index contributed by atoms with van der Waals surface area (Å²) < 4.78 is 0. The summed E-state index contributed by atoms with van der Waals surface area (Å²) in [5.41, 5.74) is -0.289. The number of aromatic carboxylic acids is 1. The summed E-state index contributed by atoms with van der Waals surface area (Å²) in [7, 11) is 0. The van der Waals surface area contributed by atoms with Gasteiger partial charge in [-0.1, -0.05) is 0 Å². The molecule has 3 unspecified atom stereocenters. The van der Waals surface area contributed by atoms with Gasteiger partial charge in [-0.05, 0) is 32.9 Å². The number of hydrogen-bond acceptors (Lipinski definition) is 8. The second kappa shape index (κ2) is 8.39. The summed E-state index contributed by atoms with van der Waals surface area (Å²) in [5.74, 6) is -3.33. The number of aliphatic hydroxyl groups is 3. The van der Waals surface area contributed by atoms with Gasteiger partial charge in [-0.25, -0.2) is 9.69 Å². The first-order chi connectivity index (χ1) is 9.98. The van der Waals surface area contributed by atoms with E-state index >= 15 is 0 Å². The lowest BCUT2D eigenvalue weighted by Gasteiger charge is -2.30. The van der Waals surface area contributed by atoms with Gasteiger partial charge >= 0.3 is 5.97 Å². The summed E-state index contributed by atoms with van der Waals surface area (Å²) in [6.45, 7) is 4.46. The molecule has 22 heavy (non-hydrogen) atoms. The van der Waals surface area contributed by atoms with E-state index in [9.17, 15) is 4.79 Å². The van der Waals surface area contributed by atoms with Crippen LogP contribution in [-0.2, 0) is 0 Å². The van der Waals surface area contributed by atoms with Gasteiger partial charge in [0.1, 0.15) is 18.7 Å². The van der Waals surface area contributed by atoms with Crippen LogP contribution in [0.3, 0.4) is 0 Å². The average molecular weight is 319 g/mol. The molecular formula is C13H21NO8. The number of carboxylic acids is 1. The lowest BCUT2D eigenvalue weighted by Crippen LogP contribution is -2.45. The third-order valence-electron chi connectivity index (χ3n) is 2.61. The maximum absolute atomic E-state index is 10.3. The van der Waals surface area contributed by atoms with E-state index in [2.05, 4.69) is 0 Å². The standard InChI is InChI=1S/C7H6O5.C6H15NO3/c8-4-1-3(7(11)12)2-5(9)6(4)10;1-4(8)7(5(2)9)6(3)10/h1-2,8-10H,(H,11,12);4-6,8-10H,1-3H3. The number of carboxylic acid groups (broad SMARTS) is 1. The molecule has 1 aromatic carbocycles. The van der Waals surface area contributed by atoms with E-state index in [1.807, 2.05) is 0 Å². The number of phenolic OH excluding ortho intramolecular Hbond substituents is 3. The molecule has 126 valence electrons. The normalized spacial score (nSPS) is 14.7. The molecule has 0 aliphatic carbocycles. The number of nitrogens with zero attached hydrogens (tertiary/aromatic N) is 1. The first kappa shape index (κ1) is 19.9. The molecule has 0 saturated heterocycles. The van der Waals surface area contributed by atoms with Gasteiger partial charge in [0.05, 0.1) is 5.56 Å². The molecule has 0 aromatic heterocycles. The van der Waals surface area contributed by atoms with Crippen LogP contribution in [0.25, 0.3) is 0 Å². The Morgan fingerprint density at radius 1 is 0.909 bits per heavy atom. The van der Waals surface area contributed by atoms with Crippen LogP contribution in [0.4, 0.5) is 0 Å². The molecule has 0 radical (unpaired) electrons. The predicted molar refractivity (Wildman–Crippen MR) is 75.3 cm³/mol. The van der Waals surface area contributed by atoms with Crippen LogP contribution < -0.4 is 0 Å². The largest absolute Gasteiger partial charge is 0.504 e. The van der Waals surface area contributed by atoms with E-state index in [0.717, 1.165) is 12.1 Å². The highest BCUT2D eigenvalue weighted by molar-refractivity contribution is 5.89. The highest BCUT2D eigenvalue weighted by Crippen LogP contribution is 2.35. The topological polar surface area (TPSA) is 162 Å². The van der Waals surface area contributed by atoms with Gasteiger partial charge in [0.15, 0.2) is 17.2 Å². The Labute approximate surface area is 126 Å². The minimum Gasteiger partial charge on any atom is -0.504 e. The predicted octanol–water partition coefficient (Wildman–Crippen LogP) is -0.195. The Kier molecular flexibility index (Phi) is 7.60. The molecule has 9 nitrogen and oxygen atoms in total. The highest BCUT2D eigenvalue weighted by atomic mass is 16.4. The van der Waals surface area contributed by atoms with Gasteiger partial charge in [0.25, 0.3) is 0 Å². The molecule has 0 bridgehead atoms. The fourth-order valence-electron chi connectivity index (χ4n) is 1.66. The molecule has 3 atom stereocenters. The Hall–Kier alpha value is -2.07. The van der Waals surface area contributed by atoms with Crippen molar-refractivity contribution in [2.45, 2.75) is 39.5 Å². The van der Waals surface area contributed by atoms with E-state index in [0.29, 0.717) is 0 Å². The molecule has 0 spiro atoms. The van der Waals surface area contributed by atoms with Crippen molar-refractivity contribution >= 4 is 5.97 Å². The van der Waals surface area contributed by atoms with Crippen LogP contribution in [0, 0.1) is 0 Å². The molecule has 9 heteroatoms. The van der Waals surface area contributed by atoms with E-state index < -0.39 is 41.9 Å². The van der Waals surface area contributed by atoms with E-state index in [-0.39, 0.29) is 5.56 Å². The van der Waals surface area contributed by atoms with Crippen molar-refractivity contribution in [3.8, 4) is 17.2 Å². The second-order valence-electron chi connectivity index (χ2n) is 4.51. The molecular weight excluding hydrogens is 298 g/mol. The van der Waals surface area contributed by atoms with Crippen molar-refractivity contribution in [1.29, 1.82) is 0 Å². The zero-order valence-electron chi connectivity index (χ0n) is 12.4. The Bertz CT molecular complexity index is 459. The molecule has 0 heterocycles. The Morgan fingerprint density at radius 3 is 1.41 bits per heavy atom. The molecule has 1 aromatic rings. The van der Waals surface area contributed by atoms with Crippen LogP contribution in [0.15, 0.2) is 12.1 Å². The zero-order chi connectivity index (χ0) is 17.6. The van der Waals surface area contributed by atoms with E-state index in [1.165, 1.54) is 25.7 Å². The van der Waals surface area contributed by atoms with Gasteiger partial charge < -0.3 is 35.7 Å². The van der Waals surface area contributed by atoms with Gasteiger partial charge in [-0.3, -0.25) is 0 Å². The maximum Gasteiger partial charge on any atom is 0.335 e. The number of benzene rings is 1. The van der Waals surface area contributed by atoms with Crippen molar-refractivity contribution in [3.63, 3.8) is 0 Å². The van der Waals surface area contributed by atoms with Crippen LogP contribution >= 0.6 is 0 Å². The molecule has 0 saturated carbocycles. The summed E-state index contributed by atoms with van der Waals surface area (Å²) in [5, 5.41) is 61.8. The summed E-state index contributed by atoms with van der Waals surface area (Å²) in [6.07, 6.45) is -2.50.